The molecule has 0 unspecified atom stereocenters. The highest BCUT2D eigenvalue weighted by atomic mass is 19.1. The molecule has 0 aliphatic rings. The number of pyridine rings is 1. The highest BCUT2D eigenvalue weighted by molar-refractivity contribution is 5.19. The Kier molecular flexibility index (Phi) is 4.42. The quantitative estimate of drug-likeness (QED) is 0.874. The van der Waals surface area contributed by atoms with Crippen molar-refractivity contribution in [3.05, 3.63) is 65.7 Å². The molecule has 0 amide bonds. The fourth-order valence-corrected chi connectivity index (χ4v) is 1.86. The number of nitrogens with one attached hydrogen (secondary N) is 1. The van der Waals surface area contributed by atoms with E-state index >= 15 is 0 Å². The number of aromatic nitrogens is 1. The fourth-order valence-electron chi connectivity index (χ4n) is 1.86. The Morgan fingerprint density at radius 3 is 2.83 bits per heavy atom. The number of hydrogen-bond acceptors (Lipinski definition) is 2. The summed E-state index contributed by atoms with van der Waals surface area (Å²) in [6, 6.07) is 12.7. The van der Waals surface area contributed by atoms with Gasteiger partial charge in [-0.3, -0.25) is 4.98 Å². The van der Waals surface area contributed by atoms with Gasteiger partial charge in [0.05, 0.1) is 0 Å². The van der Waals surface area contributed by atoms with Gasteiger partial charge in [0.2, 0.25) is 0 Å². The van der Waals surface area contributed by atoms with E-state index in [9.17, 15) is 4.39 Å². The molecule has 0 saturated heterocycles. The Morgan fingerprint density at radius 2 is 2.11 bits per heavy atom. The molecule has 2 nitrogen and oxygen atoms in total. The van der Waals surface area contributed by atoms with Gasteiger partial charge in [-0.1, -0.05) is 18.2 Å². The topological polar surface area (TPSA) is 24.9 Å². The molecule has 1 aromatic carbocycles. The highest BCUT2D eigenvalue weighted by Crippen LogP contribution is 2.13. The molecular weight excluding hydrogens is 227 g/mol. The van der Waals surface area contributed by atoms with Crippen LogP contribution in [-0.2, 0) is 6.42 Å². The summed E-state index contributed by atoms with van der Waals surface area (Å²) in [5.74, 6) is -0.189. The van der Waals surface area contributed by atoms with Gasteiger partial charge in [-0.25, -0.2) is 4.39 Å². The van der Waals surface area contributed by atoms with Crippen molar-refractivity contribution < 1.29 is 4.39 Å². The zero-order chi connectivity index (χ0) is 12.8. The van der Waals surface area contributed by atoms with E-state index in [0.717, 1.165) is 24.2 Å². The third-order valence-corrected chi connectivity index (χ3v) is 2.91. The van der Waals surface area contributed by atoms with E-state index in [1.54, 1.807) is 18.3 Å². The van der Waals surface area contributed by atoms with E-state index in [0.29, 0.717) is 0 Å². The molecule has 3 heteroatoms. The fraction of sp³-hybridized carbons (Fsp3) is 0.267. The van der Waals surface area contributed by atoms with Crippen LogP contribution in [0.25, 0.3) is 0 Å². The lowest BCUT2D eigenvalue weighted by Gasteiger charge is -2.14. The van der Waals surface area contributed by atoms with Crippen LogP contribution in [0.15, 0.2) is 48.7 Å². The highest BCUT2D eigenvalue weighted by Gasteiger charge is 2.05. The maximum atomic E-state index is 13.1. The Morgan fingerprint density at radius 1 is 1.22 bits per heavy atom. The van der Waals surface area contributed by atoms with E-state index in [-0.39, 0.29) is 11.9 Å². The number of nitrogens with zero attached hydrogens (tertiary/aromatic N) is 1. The molecule has 0 aliphatic heterocycles. The number of rotatable bonds is 5. The third-order valence-electron chi connectivity index (χ3n) is 2.91. The Bertz CT molecular complexity index is 485. The first-order valence-electron chi connectivity index (χ1n) is 6.14. The van der Waals surface area contributed by atoms with Crippen molar-refractivity contribution in [3.63, 3.8) is 0 Å². The van der Waals surface area contributed by atoms with Crippen LogP contribution in [0, 0.1) is 5.82 Å². The largest absolute Gasteiger partial charge is 0.310 e. The van der Waals surface area contributed by atoms with Crippen LogP contribution in [0.4, 0.5) is 4.39 Å². The zero-order valence-electron chi connectivity index (χ0n) is 10.4. The molecule has 94 valence electrons. The number of benzene rings is 1. The molecular formula is C15H17FN2. The van der Waals surface area contributed by atoms with Crippen LogP contribution >= 0.6 is 0 Å². The van der Waals surface area contributed by atoms with Crippen molar-refractivity contribution in [1.29, 1.82) is 0 Å². The molecule has 0 bridgehead atoms. The van der Waals surface area contributed by atoms with Crippen molar-refractivity contribution in [2.75, 3.05) is 6.54 Å². The normalized spacial score (nSPS) is 12.3. The number of halogens is 1. The molecule has 0 radical (unpaired) electrons. The first kappa shape index (κ1) is 12.7. The first-order chi connectivity index (χ1) is 8.75. The second-order valence-electron chi connectivity index (χ2n) is 4.30. The minimum Gasteiger partial charge on any atom is -0.310 e. The van der Waals surface area contributed by atoms with Crippen molar-refractivity contribution in [1.82, 2.24) is 10.3 Å². The molecule has 0 fully saturated rings. The van der Waals surface area contributed by atoms with Crippen LogP contribution in [-0.4, -0.2) is 11.5 Å². The van der Waals surface area contributed by atoms with Crippen LogP contribution in [0.3, 0.4) is 0 Å². The lowest BCUT2D eigenvalue weighted by Crippen LogP contribution is -2.21. The lowest BCUT2D eigenvalue weighted by molar-refractivity contribution is 0.565. The lowest BCUT2D eigenvalue weighted by atomic mass is 10.1. The minimum absolute atomic E-state index is 0.143. The summed E-state index contributed by atoms with van der Waals surface area (Å²) in [5.41, 5.74) is 2.03. The van der Waals surface area contributed by atoms with E-state index in [4.69, 9.17) is 0 Å². The minimum atomic E-state index is -0.189. The maximum absolute atomic E-state index is 13.1. The summed E-state index contributed by atoms with van der Waals surface area (Å²) in [6.45, 7) is 2.86. The standard InChI is InChI=1S/C15H17FN2/c1-12(13-5-4-6-14(16)11-13)17-10-8-15-7-2-3-9-18-15/h2-7,9,11-12,17H,8,10H2,1H3/t12-/m1/s1. The second-order valence-corrected chi connectivity index (χ2v) is 4.30. The van der Waals surface area contributed by atoms with Gasteiger partial charge in [0.15, 0.2) is 0 Å². The summed E-state index contributed by atoms with van der Waals surface area (Å²) in [6.07, 6.45) is 2.67. The van der Waals surface area contributed by atoms with Gasteiger partial charge in [-0.05, 0) is 36.8 Å². The molecule has 2 rings (SSSR count). The summed E-state index contributed by atoms with van der Waals surface area (Å²) in [4.78, 5) is 4.26. The molecule has 18 heavy (non-hydrogen) atoms. The molecule has 1 atom stereocenters. The molecule has 0 saturated carbocycles. The van der Waals surface area contributed by atoms with Crippen LogP contribution in [0.2, 0.25) is 0 Å². The number of hydrogen-bond donors (Lipinski definition) is 1. The van der Waals surface area contributed by atoms with Gasteiger partial charge in [-0.2, -0.15) is 0 Å². The van der Waals surface area contributed by atoms with Crippen molar-refractivity contribution in [3.8, 4) is 0 Å². The zero-order valence-corrected chi connectivity index (χ0v) is 10.4. The summed E-state index contributed by atoms with van der Waals surface area (Å²) < 4.78 is 13.1. The van der Waals surface area contributed by atoms with Gasteiger partial charge >= 0.3 is 0 Å². The molecule has 0 spiro atoms. The van der Waals surface area contributed by atoms with E-state index in [1.807, 2.05) is 31.2 Å². The molecule has 2 aromatic rings. The molecule has 1 aromatic heterocycles. The maximum Gasteiger partial charge on any atom is 0.123 e. The van der Waals surface area contributed by atoms with E-state index < -0.39 is 0 Å². The van der Waals surface area contributed by atoms with Crippen LogP contribution in [0.5, 0.6) is 0 Å². The monoisotopic (exact) mass is 244 g/mol. The average molecular weight is 244 g/mol. The van der Waals surface area contributed by atoms with Gasteiger partial charge in [0, 0.05) is 30.9 Å². The summed E-state index contributed by atoms with van der Waals surface area (Å²) >= 11 is 0. The smallest absolute Gasteiger partial charge is 0.123 e. The molecule has 1 heterocycles. The Labute approximate surface area is 107 Å². The van der Waals surface area contributed by atoms with Crippen molar-refractivity contribution >= 4 is 0 Å². The average Bonchev–Trinajstić information content (AvgIpc) is 2.40. The van der Waals surface area contributed by atoms with Gasteiger partial charge < -0.3 is 5.32 Å². The van der Waals surface area contributed by atoms with Crippen molar-refractivity contribution in [2.24, 2.45) is 0 Å². The Hall–Kier alpha value is -1.74. The Balaban J connectivity index is 1.83. The second kappa shape index (κ2) is 6.26. The SMILES string of the molecule is C[C@@H](NCCc1ccccn1)c1cccc(F)c1. The molecule has 0 aliphatic carbocycles. The van der Waals surface area contributed by atoms with Gasteiger partial charge in [-0.15, -0.1) is 0 Å². The van der Waals surface area contributed by atoms with Crippen LogP contribution < -0.4 is 5.32 Å². The predicted octanol–water partition coefficient (Wildman–Crippen LogP) is 3.11. The summed E-state index contributed by atoms with van der Waals surface area (Å²) in [7, 11) is 0. The van der Waals surface area contributed by atoms with E-state index in [2.05, 4.69) is 10.3 Å². The van der Waals surface area contributed by atoms with Gasteiger partial charge in [0.1, 0.15) is 5.82 Å². The summed E-state index contributed by atoms with van der Waals surface area (Å²) in [5, 5.41) is 3.37. The van der Waals surface area contributed by atoms with Gasteiger partial charge in [0.25, 0.3) is 0 Å². The molecule has 1 N–H and O–H groups in total. The first-order valence-corrected chi connectivity index (χ1v) is 6.14. The predicted molar refractivity (Wildman–Crippen MR) is 70.8 cm³/mol. The van der Waals surface area contributed by atoms with E-state index in [1.165, 1.54) is 6.07 Å². The van der Waals surface area contributed by atoms with Crippen LogP contribution in [0.1, 0.15) is 24.2 Å². The third kappa shape index (κ3) is 3.64. The van der Waals surface area contributed by atoms with Crippen molar-refractivity contribution in [2.45, 2.75) is 19.4 Å².